The lowest BCUT2D eigenvalue weighted by atomic mass is 10.1. The molecular formula is C15H13NO3S. The number of thioether (sulfide) groups is 1. The van der Waals surface area contributed by atoms with Gasteiger partial charge in [-0.1, -0.05) is 30.3 Å². The minimum atomic E-state index is -0.954. The van der Waals surface area contributed by atoms with Crippen LogP contribution >= 0.6 is 11.8 Å². The Morgan fingerprint density at radius 2 is 1.60 bits per heavy atom. The summed E-state index contributed by atoms with van der Waals surface area (Å²) in [7, 11) is 0. The molecule has 0 unspecified atom stereocenters. The molecule has 4 nitrogen and oxygen atoms in total. The largest absolute Gasteiger partial charge is 0.478 e. The van der Waals surface area contributed by atoms with Crippen LogP contribution in [0.3, 0.4) is 0 Å². The molecule has 0 aromatic heterocycles. The molecule has 0 fully saturated rings. The highest BCUT2D eigenvalue weighted by Crippen LogP contribution is 2.27. The van der Waals surface area contributed by atoms with Crippen molar-refractivity contribution >= 4 is 23.6 Å². The number of nitrogens with two attached hydrogens (primary N) is 1. The van der Waals surface area contributed by atoms with Gasteiger partial charge in [0, 0.05) is 10.6 Å². The van der Waals surface area contributed by atoms with Gasteiger partial charge in [0.05, 0.1) is 11.1 Å². The van der Waals surface area contributed by atoms with Gasteiger partial charge in [0.15, 0.2) is 0 Å². The average Bonchev–Trinajstić information content (AvgIpc) is 2.45. The molecule has 5 heteroatoms. The van der Waals surface area contributed by atoms with Gasteiger partial charge in [-0.2, -0.15) is 0 Å². The van der Waals surface area contributed by atoms with Crippen molar-refractivity contribution in [1.82, 2.24) is 0 Å². The summed E-state index contributed by atoms with van der Waals surface area (Å²) in [5.41, 5.74) is 6.75. The van der Waals surface area contributed by atoms with Crippen LogP contribution in [0.1, 0.15) is 26.3 Å². The third-order valence-corrected chi connectivity index (χ3v) is 3.91. The van der Waals surface area contributed by atoms with E-state index in [-0.39, 0.29) is 5.56 Å². The Labute approximate surface area is 120 Å². The van der Waals surface area contributed by atoms with Crippen molar-refractivity contribution < 1.29 is 14.7 Å². The number of carbonyl (C=O) groups excluding carboxylic acids is 1. The number of hydrogen-bond acceptors (Lipinski definition) is 3. The van der Waals surface area contributed by atoms with E-state index in [1.807, 2.05) is 6.07 Å². The molecule has 0 saturated heterocycles. The van der Waals surface area contributed by atoms with Gasteiger partial charge in [-0.05, 0) is 23.8 Å². The molecule has 0 saturated carbocycles. The van der Waals surface area contributed by atoms with E-state index in [1.165, 1.54) is 11.8 Å². The molecule has 0 aliphatic carbocycles. The van der Waals surface area contributed by atoms with Crippen LogP contribution in [0.2, 0.25) is 0 Å². The van der Waals surface area contributed by atoms with Crippen molar-refractivity contribution in [3.05, 3.63) is 65.2 Å². The second-order valence-corrected chi connectivity index (χ2v) is 5.13. The summed E-state index contributed by atoms with van der Waals surface area (Å²) < 4.78 is 0. The van der Waals surface area contributed by atoms with Gasteiger partial charge >= 0.3 is 5.97 Å². The Balaban J connectivity index is 2.22. The first kappa shape index (κ1) is 14.1. The molecular weight excluding hydrogens is 274 g/mol. The molecule has 0 aliphatic heterocycles. The quantitative estimate of drug-likeness (QED) is 0.829. The first-order chi connectivity index (χ1) is 9.59. The molecule has 2 rings (SSSR count). The molecule has 0 heterocycles. The molecule has 0 aliphatic rings. The summed E-state index contributed by atoms with van der Waals surface area (Å²) in [6, 6.07) is 13.8. The van der Waals surface area contributed by atoms with Gasteiger partial charge in [-0.3, -0.25) is 4.79 Å². The third kappa shape index (κ3) is 3.19. The van der Waals surface area contributed by atoms with Gasteiger partial charge in [0.25, 0.3) is 0 Å². The molecule has 0 spiro atoms. The Morgan fingerprint density at radius 3 is 2.25 bits per heavy atom. The molecule has 2 aromatic rings. The lowest BCUT2D eigenvalue weighted by Gasteiger charge is -2.08. The summed E-state index contributed by atoms with van der Waals surface area (Å²) in [5.74, 6) is -0.976. The number of benzene rings is 2. The maximum atomic E-state index is 11.3. The van der Waals surface area contributed by atoms with Gasteiger partial charge < -0.3 is 10.8 Å². The normalized spacial score (nSPS) is 10.2. The molecule has 3 N–H and O–H groups in total. The third-order valence-electron chi connectivity index (χ3n) is 2.78. The maximum absolute atomic E-state index is 11.3. The van der Waals surface area contributed by atoms with E-state index in [2.05, 4.69) is 0 Å². The summed E-state index contributed by atoms with van der Waals surface area (Å²) in [4.78, 5) is 23.2. The summed E-state index contributed by atoms with van der Waals surface area (Å²) >= 11 is 1.40. The van der Waals surface area contributed by atoms with Gasteiger partial charge in [0.2, 0.25) is 5.91 Å². The maximum Gasteiger partial charge on any atom is 0.335 e. The fraction of sp³-hybridized carbons (Fsp3) is 0.0667. The van der Waals surface area contributed by atoms with Gasteiger partial charge in [-0.25, -0.2) is 4.79 Å². The minimum absolute atomic E-state index is 0.275. The fourth-order valence-corrected chi connectivity index (χ4v) is 2.87. The Bertz CT molecular complexity index is 598. The van der Waals surface area contributed by atoms with E-state index in [4.69, 9.17) is 10.8 Å². The van der Waals surface area contributed by atoms with Crippen LogP contribution in [-0.4, -0.2) is 17.0 Å². The van der Waals surface area contributed by atoms with Crippen molar-refractivity contribution in [2.24, 2.45) is 5.73 Å². The number of rotatable bonds is 5. The highest BCUT2D eigenvalue weighted by Gasteiger charge is 2.11. The van der Waals surface area contributed by atoms with Crippen molar-refractivity contribution in [2.75, 3.05) is 0 Å². The number of aromatic carboxylic acids is 1. The molecule has 0 atom stereocenters. The van der Waals surface area contributed by atoms with Crippen molar-refractivity contribution in [1.29, 1.82) is 0 Å². The van der Waals surface area contributed by atoms with Crippen molar-refractivity contribution in [3.8, 4) is 0 Å². The number of hydrogen-bond donors (Lipinski definition) is 2. The SMILES string of the molecule is NC(=O)c1ccccc1SCc1ccccc1C(=O)O. The number of primary amides is 1. The van der Waals surface area contributed by atoms with Crippen LogP contribution in [0, 0.1) is 0 Å². The predicted molar refractivity (Wildman–Crippen MR) is 77.9 cm³/mol. The van der Waals surface area contributed by atoms with E-state index in [1.54, 1.807) is 42.5 Å². The van der Waals surface area contributed by atoms with Crippen molar-refractivity contribution in [3.63, 3.8) is 0 Å². The van der Waals surface area contributed by atoms with Crippen LogP contribution < -0.4 is 5.73 Å². The Hall–Kier alpha value is -2.27. The van der Waals surface area contributed by atoms with Crippen molar-refractivity contribution in [2.45, 2.75) is 10.6 Å². The van der Waals surface area contributed by atoms with Crippen LogP contribution in [0.25, 0.3) is 0 Å². The molecule has 0 bridgehead atoms. The van der Waals surface area contributed by atoms with E-state index < -0.39 is 11.9 Å². The Kier molecular flexibility index (Phi) is 4.42. The zero-order chi connectivity index (χ0) is 14.5. The topological polar surface area (TPSA) is 80.4 Å². The van der Waals surface area contributed by atoms with E-state index in [0.29, 0.717) is 16.9 Å². The van der Waals surface area contributed by atoms with E-state index in [9.17, 15) is 9.59 Å². The van der Waals surface area contributed by atoms with E-state index >= 15 is 0 Å². The fourth-order valence-electron chi connectivity index (χ4n) is 1.81. The van der Waals surface area contributed by atoms with Gasteiger partial charge in [-0.15, -0.1) is 11.8 Å². The van der Waals surface area contributed by atoms with Crippen LogP contribution in [0.15, 0.2) is 53.4 Å². The number of amides is 1. The van der Waals surface area contributed by atoms with Crippen LogP contribution in [0.5, 0.6) is 0 Å². The number of carbonyl (C=O) groups is 2. The highest BCUT2D eigenvalue weighted by molar-refractivity contribution is 7.98. The summed E-state index contributed by atoms with van der Waals surface area (Å²) in [6.45, 7) is 0. The van der Waals surface area contributed by atoms with Crippen LogP contribution in [0.4, 0.5) is 0 Å². The van der Waals surface area contributed by atoms with Crippen LogP contribution in [-0.2, 0) is 5.75 Å². The molecule has 0 radical (unpaired) electrons. The molecule has 20 heavy (non-hydrogen) atoms. The lowest BCUT2D eigenvalue weighted by Crippen LogP contribution is -2.12. The second-order valence-electron chi connectivity index (χ2n) is 4.11. The predicted octanol–water partition coefficient (Wildman–Crippen LogP) is 2.78. The average molecular weight is 287 g/mol. The zero-order valence-electron chi connectivity index (χ0n) is 10.6. The van der Waals surface area contributed by atoms with Gasteiger partial charge in [0.1, 0.15) is 0 Å². The first-order valence-corrected chi connectivity index (χ1v) is 6.91. The van der Waals surface area contributed by atoms with E-state index in [0.717, 1.165) is 4.90 Å². The number of carboxylic acid groups (broad SMARTS) is 1. The Morgan fingerprint density at radius 1 is 1.00 bits per heavy atom. The molecule has 1 amide bonds. The summed E-state index contributed by atoms with van der Waals surface area (Å²) in [6.07, 6.45) is 0. The smallest absolute Gasteiger partial charge is 0.335 e. The monoisotopic (exact) mass is 287 g/mol. The first-order valence-electron chi connectivity index (χ1n) is 5.92. The zero-order valence-corrected chi connectivity index (χ0v) is 11.4. The number of carboxylic acids is 1. The summed E-state index contributed by atoms with van der Waals surface area (Å²) in [5, 5.41) is 9.12. The standard InChI is InChI=1S/C15H13NO3S/c16-14(17)12-7-3-4-8-13(12)20-9-10-5-1-2-6-11(10)15(18)19/h1-8H,9H2,(H2,16,17)(H,18,19). The lowest BCUT2D eigenvalue weighted by molar-refractivity contribution is 0.0695. The molecule has 2 aromatic carbocycles. The molecule has 102 valence electrons. The second kappa shape index (κ2) is 6.25. The minimum Gasteiger partial charge on any atom is -0.478 e. The highest BCUT2D eigenvalue weighted by atomic mass is 32.2.